The molecule has 2 heterocycles. The number of hydrogen-bond acceptors (Lipinski definition) is 4. The zero-order valence-electron chi connectivity index (χ0n) is 16.6. The van der Waals surface area contributed by atoms with E-state index in [1.165, 1.54) is 6.07 Å². The second-order valence-electron chi connectivity index (χ2n) is 7.96. The lowest BCUT2D eigenvalue weighted by atomic mass is 9.80. The van der Waals surface area contributed by atoms with Gasteiger partial charge in [0.1, 0.15) is 12.4 Å². The van der Waals surface area contributed by atoms with E-state index in [-0.39, 0.29) is 24.5 Å². The molecule has 4 rings (SSSR count). The van der Waals surface area contributed by atoms with Crippen LogP contribution in [0, 0.1) is 18.2 Å². The Morgan fingerprint density at radius 1 is 1.17 bits per heavy atom. The van der Waals surface area contributed by atoms with Crippen LogP contribution in [-0.2, 0) is 12.1 Å². The predicted octanol–water partition coefficient (Wildman–Crippen LogP) is 3.86. The summed E-state index contributed by atoms with van der Waals surface area (Å²) in [4.78, 5) is 2.44. The zero-order chi connectivity index (χ0) is 20.4. The van der Waals surface area contributed by atoms with Crippen LogP contribution in [0.15, 0.2) is 42.5 Å². The number of terminal acetylenes is 1. The molecule has 5 heteroatoms. The molecular formula is C24H26FNO3. The molecule has 2 aliphatic rings. The first kappa shape index (κ1) is 19.8. The SMILES string of the molecule is C#CCOc1ccc(CN2[C@H]3CC[C@H]2CC(O)(c2ccccc2F)C3)cc1OC. The first-order chi connectivity index (χ1) is 14.0. The van der Waals surface area contributed by atoms with Crippen molar-refractivity contribution in [3.05, 3.63) is 59.4 Å². The molecule has 2 aromatic carbocycles. The fourth-order valence-electron chi connectivity index (χ4n) is 4.89. The Labute approximate surface area is 171 Å². The number of rotatable bonds is 6. The first-order valence-electron chi connectivity index (χ1n) is 10.0. The van der Waals surface area contributed by atoms with E-state index in [0.29, 0.717) is 29.9 Å². The largest absolute Gasteiger partial charge is 0.493 e. The molecule has 0 spiro atoms. The summed E-state index contributed by atoms with van der Waals surface area (Å²) in [6.45, 7) is 0.953. The lowest BCUT2D eigenvalue weighted by molar-refractivity contribution is -0.0615. The fraction of sp³-hybridized carbons (Fsp3) is 0.417. The summed E-state index contributed by atoms with van der Waals surface area (Å²) >= 11 is 0. The maximum absolute atomic E-state index is 14.3. The lowest BCUT2D eigenvalue weighted by Crippen LogP contribution is -2.49. The topological polar surface area (TPSA) is 41.9 Å². The molecule has 0 amide bonds. The van der Waals surface area contributed by atoms with Crippen LogP contribution in [0.1, 0.15) is 36.8 Å². The van der Waals surface area contributed by atoms with Gasteiger partial charge in [-0.1, -0.05) is 30.2 Å². The van der Waals surface area contributed by atoms with Crippen molar-refractivity contribution in [1.29, 1.82) is 0 Å². The van der Waals surface area contributed by atoms with Crippen LogP contribution in [0.3, 0.4) is 0 Å². The van der Waals surface area contributed by atoms with Gasteiger partial charge in [-0.3, -0.25) is 4.90 Å². The minimum Gasteiger partial charge on any atom is -0.493 e. The molecule has 0 aromatic heterocycles. The zero-order valence-corrected chi connectivity index (χ0v) is 16.6. The number of fused-ring (bicyclic) bond motifs is 2. The van der Waals surface area contributed by atoms with Crippen molar-refractivity contribution in [1.82, 2.24) is 4.90 Å². The van der Waals surface area contributed by atoms with E-state index < -0.39 is 5.60 Å². The van der Waals surface area contributed by atoms with Gasteiger partial charge in [0, 0.05) is 24.2 Å². The summed E-state index contributed by atoms with van der Waals surface area (Å²) in [7, 11) is 1.61. The third kappa shape index (κ3) is 3.83. The summed E-state index contributed by atoms with van der Waals surface area (Å²) in [5.41, 5.74) is 0.439. The number of ether oxygens (including phenoxy) is 2. The van der Waals surface area contributed by atoms with E-state index in [2.05, 4.69) is 10.8 Å². The molecule has 2 saturated heterocycles. The highest BCUT2D eigenvalue weighted by atomic mass is 19.1. The predicted molar refractivity (Wildman–Crippen MR) is 109 cm³/mol. The fourth-order valence-corrected chi connectivity index (χ4v) is 4.89. The van der Waals surface area contributed by atoms with E-state index in [9.17, 15) is 9.50 Å². The van der Waals surface area contributed by atoms with Crippen molar-refractivity contribution in [2.75, 3.05) is 13.7 Å². The van der Waals surface area contributed by atoms with Crippen LogP contribution >= 0.6 is 0 Å². The molecule has 0 saturated carbocycles. The van der Waals surface area contributed by atoms with Gasteiger partial charge in [0.25, 0.3) is 0 Å². The highest BCUT2D eigenvalue weighted by Gasteiger charge is 2.48. The molecule has 4 nitrogen and oxygen atoms in total. The van der Waals surface area contributed by atoms with E-state index in [4.69, 9.17) is 15.9 Å². The number of nitrogens with zero attached hydrogens (tertiary/aromatic N) is 1. The molecule has 0 radical (unpaired) electrons. The molecule has 29 heavy (non-hydrogen) atoms. The maximum atomic E-state index is 14.3. The van der Waals surface area contributed by atoms with Crippen LogP contribution in [0.5, 0.6) is 11.5 Å². The Balaban J connectivity index is 1.51. The Kier molecular flexibility index (Phi) is 5.49. The van der Waals surface area contributed by atoms with Gasteiger partial charge in [-0.15, -0.1) is 6.42 Å². The molecular weight excluding hydrogens is 369 g/mol. The molecule has 2 fully saturated rings. The maximum Gasteiger partial charge on any atom is 0.162 e. The standard InChI is InChI=1S/C24H26FNO3/c1-3-12-29-22-11-8-17(13-23(22)28-2)16-26-18-9-10-19(26)15-24(27,14-18)20-6-4-5-7-21(20)25/h1,4-8,11,13,18-19,27H,9-10,12,14-16H2,2H3/t18-,19-/m0/s1. The van der Waals surface area contributed by atoms with Crippen molar-refractivity contribution in [2.24, 2.45) is 0 Å². The number of halogens is 1. The quantitative estimate of drug-likeness (QED) is 0.755. The summed E-state index contributed by atoms with van der Waals surface area (Å²) in [6.07, 6.45) is 8.39. The van der Waals surface area contributed by atoms with Crippen molar-refractivity contribution >= 4 is 0 Å². The Hall–Kier alpha value is -2.55. The van der Waals surface area contributed by atoms with E-state index in [1.54, 1.807) is 25.3 Å². The Morgan fingerprint density at radius 3 is 2.55 bits per heavy atom. The normalized spacial score (nSPS) is 26.1. The van der Waals surface area contributed by atoms with Gasteiger partial charge in [0.05, 0.1) is 12.7 Å². The van der Waals surface area contributed by atoms with Crippen molar-refractivity contribution in [2.45, 2.75) is 49.9 Å². The molecule has 2 aromatic rings. The number of hydrogen-bond donors (Lipinski definition) is 1. The van der Waals surface area contributed by atoms with Gasteiger partial charge in [0.2, 0.25) is 0 Å². The average Bonchev–Trinajstić information content (AvgIpc) is 2.96. The van der Waals surface area contributed by atoms with Gasteiger partial charge >= 0.3 is 0 Å². The van der Waals surface area contributed by atoms with Crippen LogP contribution in [0.25, 0.3) is 0 Å². The average molecular weight is 395 g/mol. The van der Waals surface area contributed by atoms with Gasteiger partial charge in [0.15, 0.2) is 11.5 Å². The monoisotopic (exact) mass is 395 g/mol. The first-order valence-corrected chi connectivity index (χ1v) is 10.0. The number of aliphatic hydroxyl groups is 1. The third-order valence-corrected chi connectivity index (χ3v) is 6.20. The van der Waals surface area contributed by atoms with E-state index in [0.717, 1.165) is 24.9 Å². The molecule has 2 aliphatic heterocycles. The smallest absolute Gasteiger partial charge is 0.162 e. The highest BCUT2D eigenvalue weighted by Crippen LogP contribution is 2.47. The molecule has 2 bridgehead atoms. The number of methoxy groups -OCH3 is 1. The molecule has 152 valence electrons. The summed E-state index contributed by atoms with van der Waals surface area (Å²) in [6, 6.07) is 12.9. The second-order valence-corrected chi connectivity index (χ2v) is 7.96. The third-order valence-electron chi connectivity index (χ3n) is 6.20. The van der Waals surface area contributed by atoms with Crippen LogP contribution in [-0.4, -0.2) is 35.8 Å². The van der Waals surface area contributed by atoms with Crippen molar-refractivity contribution in [3.63, 3.8) is 0 Å². The minimum absolute atomic E-state index is 0.195. The van der Waals surface area contributed by atoms with Crippen LogP contribution < -0.4 is 9.47 Å². The van der Waals surface area contributed by atoms with Gasteiger partial charge in [-0.05, 0) is 49.4 Å². The molecule has 0 unspecified atom stereocenters. The van der Waals surface area contributed by atoms with Crippen molar-refractivity contribution in [3.8, 4) is 23.8 Å². The van der Waals surface area contributed by atoms with E-state index in [1.807, 2.05) is 18.2 Å². The molecule has 0 aliphatic carbocycles. The number of benzene rings is 2. The van der Waals surface area contributed by atoms with Crippen molar-refractivity contribution < 1.29 is 19.0 Å². The van der Waals surface area contributed by atoms with Gasteiger partial charge in [-0.25, -0.2) is 4.39 Å². The van der Waals surface area contributed by atoms with Gasteiger partial charge in [-0.2, -0.15) is 0 Å². The Morgan fingerprint density at radius 2 is 1.90 bits per heavy atom. The van der Waals surface area contributed by atoms with Crippen LogP contribution in [0.2, 0.25) is 0 Å². The molecule has 1 N–H and O–H groups in total. The summed E-state index contributed by atoms with van der Waals surface area (Å²) in [5.74, 6) is 3.42. The number of piperidine rings is 1. The minimum atomic E-state index is -1.10. The second kappa shape index (κ2) is 8.06. The molecule has 2 atom stereocenters. The van der Waals surface area contributed by atoms with Crippen LogP contribution in [0.4, 0.5) is 4.39 Å². The van der Waals surface area contributed by atoms with Gasteiger partial charge < -0.3 is 14.6 Å². The van der Waals surface area contributed by atoms with E-state index >= 15 is 0 Å². The highest BCUT2D eigenvalue weighted by molar-refractivity contribution is 5.43. The summed E-state index contributed by atoms with van der Waals surface area (Å²) < 4.78 is 25.3. The Bertz CT molecular complexity index is 909. The summed E-state index contributed by atoms with van der Waals surface area (Å²) in [5, 5.41) is 11.3. The lowest BCUT2D eigenvalue weighted by Gasteiger charge is -2.44.